The van der Waals surface area contributed by atoms with Gasteiger partial charge >= 0.3 is 0 Å². The Morgan fingerprint density at radius 1 is 0.854 bits per heavy atom. The molecule has 0 unspecified atom stereocenters. The van der Waals surface area contributed by atoms with Crippen LogP contribution in [0.3, 0.4) is 0 Å². The first-order chi connectivity index (χ1) is 19.2. The van der Waals surface area contributed by atoms with E-state index in [1.165, 1.54) is 0 Å². The highest BCUT2D eigenvalue weighted by molar-refractivity contribution is 6.35. The van der Waals surface area contributed by atoms with E-state index >= 15 is 0 Å². The van der Waals surface area contributed by atoms with Crippen molar-refractivity contribution in [1.82, 2.24) is 4.90 Å². The first-order valence-corrected chi connectivity index (χ1v) is 15.1. The summed E-state index contributed by atoms with van der Waals surface area (Å²) in [6, 6.07) is 8.87. The Labute approximate surface area is 257 Å². The fourth-order valence-electron chi connectivity index (χ4n) is 6.60. The standard InChI is InChI=1S/C33H36Cl3NO4/c1-7-37-23-13-32(2,3)15-25(38)29(23)28(30-24(37)14-33(4,5)16-26(30)39)19-10-22(36)31(27(11-19)40-6)41-17-18-8-9-20(34)12-21(18)35/h8-12,28H,7,13-17H2,1-6H3. The number of benzene rings is 2. The van der Waals surface area contributed by atoms with Gasteiger partial charge in [-0.2, -0.15) is 0 Å². The molecule has 1 aliphatic heterocycles. The Kier molecular flexibility index (Phi) is 8.04. The number of Topliss-reactive ketones (excluding diaryl/α,β-unsaturated/α-hetero) is 2. The summed E-state index contributed by atoms with van der Waals surface area (Å²) in [5.41, 5.74) is 4.62. The lowest BCUT2D eigenvalue weighted by Gasteiger charge is -2.49. The van der Waals surface area contributed by atoms with Crippen LogP contribution in [0.5, 0.6) is 11.5 Å². The Balaban J connectivity index is 1.64. The van der Waals surface area contributed by atoms with Gasteiger partial charge < -0.3 is 14.4 Å². The normalized spacial score (nSPS) is 20.3. The first-order valence-electron chi connectivity index (χ1n) is 14.0. The Morgan fingerprint density at radius 2 is 1.44 bits per heavy atom. The number of ether oxygens (including phenoxy) is 2. The second-order valence-electron chi connectivity index (χ2n) is 12.8. The molecule has 0 aromatic heterocycles. The van der Waals surface area contributed by atoms with Gasteiger partial charge in [0.05, 0.1) is 12.1 Å². The zero-order chi connectivity index (χ0) is 29.9. The van der Waals surface area contributed by atoms with Crippen LogP contribution in [0.4, 0.5) is 0 Å². The van der Waals surface area contributed by atoms with Gasteiger partial charge in [-0.05, 0) is 60.4 Å². The molecule has 0 spiro atoms. The summed E-state index contributed by atoms with van der Waals surface area (Å²) in [7, 11) is 1.55. The molecule has 1 heterocycles. The average Bonchev–Trinajstić information content (AvgIpc) is 2.86. The van der Waals surface area contributed by atoms with Gasteiger partial charge in [-0.1, -0.05) is 68.6 Å². The number of hydrogen-bond donors (Lipinski definition) is 0. The maximum Gasteiger partial charge on any atom is 0.180 e. The fourth-order valence-corrected chi connectivity index (χ4v) is 7.33. The number of methoxy groups -OCH3 is 1. The van der Waals surface area contributed by atoms with E-state index in [0.717, 1.165) is 35.4 Å². The van der Waals surface area contributed by atoms with E-state index in [2.05, 4.69) is 39.5 Å². The third kappa shape index (κ3) is 5.66. The minimum absolute atomic E-state index is 0.0803. The molecule has 2 aliphatic carbocycles. The molecular weight excluding hydrogens is 581 g/mol. The molecule has 3 aliphatic rings. The van der Waals surface area contributed by atoms with Crippen LogP contribution in [-0.2, 0) is 16.2 Å². The molecule has 0 radical (unpaired) electrons. The van der Waals surface area contributed by atoms with Crippen molar-refractivity contribution >= 4 is 46.4 Å². The molecular formula is C33H36Cl3NO4. The fraction of sp³-hybridized carbons (Fsp3) is 0.455. The SMILES string of the molecule is CCN1C2=C(C(=O)CC(C)(C)C2)C(c2cc(Cl)c(OCc3ccc(Cl)cc3Cl)c(OC)c2)C2=C1CC(C)(C)CC2=O. The topological polar surface area (TPSA) is 55.8 Å². The third-order valence-corrected chi connectivity index (χ3v) is 9.18. The zero-order valence-corrected chi connectivity index (χ0v) is 26.7. The summed E-state index contributed by atoms with van der Waals surface area (Å²) in [5.74, 6) is 0.437. The summed E-state index contributed by atoms with van der Waals surface area (Å²) in [4.78, 5) is 30.0. The van der Waals surface area contributed by atoms with Crippen molar-refractivity contribution in [1.29, 1.82) is 0 Å². The summed E-state index contributed by atoms with van der Waals surface area (Å²) in [5, 5.41) is 1.36. The number of rotatable bonds is 6. The molecule has 5 nitrogen and oxygen atoms in total. The number of hydrogen-bond acceptors (Lipinski definition) is 5. The van der Waals surface area contributed by atoms with E-state index in [4.69, 9.17) is 44.3 Å². The van der Waals surface area contributed by atoms with Gasteiger partial charge in [0.2, 0.25) is 0 Å². The van der Waals surface area contributed by atoms with Crippen LogP contribution in [0.1, 0.15) is 77.3 Å². The predicted molar refractivity (Wildman–Crippen MR) is 164 cm³/mol. The van der Waals surface area contributed by atoms with Crippen molar-refractivity contribution in [2.45, 2.75) is 72.8 Å². The smallest absolute Gasteiger partial charge is 0.180 e. The largest absolute Gasteiger partial charge is 0.493 e. The van der Waals surface area contributed by atoms with Gasteiger partial charge in [-0.25, -0.2) is 0 Å². The highest BCUT2D eigenvalue weighted by Gasteiger charge is 2.48. The molecule has 5 rings (SSSR count). The van der Waals surface area contributed by atoms with E-state index in [0.29, 0.717) is 57.1 Å². The van der Waals surface area contributed by atoms with Crippen LogP contribution in [-0.4, -0.2) is 30.1 Å². The molecule has 41 heavy (non-hydrogen) atoms. The second kappa shape index (κ2) is 11.0. The lowest BCUT2D eigenvalue weighted by atomic mass is 9.63. The van der Waals surface area contributed by atoms with Gasteiger partial charge in [-0.3, -0.25) is 9.59 Å². The summed E-state index contributed by atoms with van der Waals surface area (Å²) < 4.78 is 11.9. The molecule has 8 heteroatoms. The van der Waals surface area contributed by atoms with Crippen molar-refractivity contribution in [2.24, 2.45) is 10.8 Å². The number of carbonyl (C=O) groups excluding carboxylic acids is 2. The van der Waals surface area contributed by atoms with Crippen LogP contribution in [0.2, 0.25) is 15.1 Å². The molecule has 0 N–H and O–H groups in total. The zero-order valence-electron chi connectivity index (χ0n) is 24.4. The predicted octanol–water partition coefficient (Wildman–Crippen LogP) is 8.94. The van der Waals surface area contributed by atoms with Crippen molar-refractivity contribution in [3.8, 4) is 11.5 Å². The van der Waals surface area contributed by atoms with Gasteiger partial charge in [0, 0.05) is 63.5 Å². The van der Waals surface area contributed by atoms with Crippen molar-refractivity contribution in [3.05, 3.63) is 79.1 Å². The van der Waals surface area contributed by atoms with Crippen LogP contribution in [0, 0.1) is 10.8 Å². The minimum atomic E-state index is -0.513. The molecule has 0 fully saturated rings. The van der Waals surface area contributed by atoms with Crippen molar-refractivity contribution in [2.75, 3.05) is 13.7 Å². The number of ketones is 2. The number of halogens is 3. The van der Waals surface area contributed by atoms with E-state index < -0.39 is 5.92 Å². The third-order valence-electron chi connectivity index (χ3n) is 8.31. The summed E-state index contributed by atoms with van der Waals surface area (Å²) >= 11 is 19.3. The number of carbonyl (C=O) groups is 2. The average molecular weight is 617 g/mol. The first kappa shape index (κ1) is 30.0. The molecule has 0 saturated carbocycles. The van der Waals surface area contributed by atoms with E-state index in [9.17, 15) is 9.59 Å². The quantitative estimate of drug-likeness (QED) is 0.324. The number of nitrogens with zero attached hydrogens (tertiary/aromatic N) is 1. The molecule has 0 amide bonds. The Hall–Kier alpha value is -2.47. The maximum absolute atomic E-state index is 13.9. The summed E-state index contributed by atoms with van der Waals surface area (Å²) in [6.07, 6.45) is 2.38. The second-order valence-corrected chi connectivity index (χ2v) is 14.1. The highest BCUT2D eigenvalue weighted by Crippen LogP contribution is 2.55. The van der Waals surface area contributed by atoms with E-state index in [1.54, 1.807) is 25.3 Å². The van der Waals surface area contributed by atoms with Gasteiger partial charge in [-0.15, -0.1) is 0 Å². The van der Waals surface area contributed by atoms with E-state index in [-0.39, 0.29) is 29.0 Å². The molecule has 0 atom stereocenters. The summed E-state index contributed by atoms with van der Waals surface area (Å²) in [6.45, 7) is 11.5. The lowest BCUT2D eigenvalue weighted by Crippen LogP contribution is -2.44. The van der Waals surface area contributed by atoms with Crippen LogP contribution < -0.4 is 9.47 Å². The molecule has 0 saturated heterocycles. The van der Waals surface area contributed by atoms with Gasteiger partial charge in [0.25, 0.3) is 0 Å². The Bertz CT molecular complexity index is 1450. The van der Waals surface area contributed by atoms with Gasteiger partial charge in [0.1, 0.15) is 6.61 Å². The van der Waals surface area contributed by atoms with Crippen LogP contribution in [0.15, 0.2) is 52.9 Å². The molecule has 2 aromatic rings. The molecule has 218 valence electrons. The van der Waals surface area contributed by atoms with Gasteiger partial charge in [0.15, 0.2) is 23.1 Å². The molecule has 0 bridgehead atoms. The van der Waals surface area contributed by atoms with Crippen LogP contribution >= 0.6 is 34.8 Å². The molecule has 2 aromatic carbocycles. The number of allylic oxidation sites excluding steroid dienone is 4. The van der Waals surface area contributed by atoms with Crippen molar-refractivity contribution < 1.29 is 19.1 Å². The monoisotopic (exact) mass is 615 g/mol. The van der Waals surface area contributed by atoms with E-state index in [1.807, 2.05) is 12.1 Å². The highest BCUT2D eigenvalue weighted by atomic mass is 35.5. The Morgan fingerprint density at radius 3 is 1.95 bits per heavy atom. The van der Waals surface area contributed by atoms with Crippen molar-refractivity contribution in [3.63, 3.8) is 0 Å². The maximum atomic E-state index is 13.9. The van der Waals surface area contributed by atoms with Crippen LogP contribution in [0.25, 0.3) is 0 Å². The minimum Gasteiger partial charge on any atom is -0.493 e. The lowest BCUT2D eigenvalue weighted by molar-refractivity contribution is -0.119.